The van der Waals surface area contributed by atoms with Gasteiger partial charge in [-0.25, -0.2) is 14.0 Å². The maximum Gasteiger partial charge on any atom is 0.344 e. The molecular weight excluding hydrogens is 297 g/mol. The Morgan fingerprint density at radius 1 is 1.29 bits per heavy atom. The zero-order chi connectivity index (χ0) is 13.0. The molecule has 0 fully saturated rings. The Balaban J connectivity index is 2.91. The number of hydrogen-bond donors (Lipinski definition) is 3. The number of halogens is 2. The lowest BCUT2D eigenvalue weighted by molar-refractivity contribution is -0.140. The van der Waals surface area contributed by atoms with E-state index in [0.717, 1.165) is 12.3 Å². The maximum absolute atomic E-state index is 13.1. The summed E-state index contributed by atoms with van der Waals surface area (Å²) in [5.74, 6) is -3.71. The van der Waals surface area contributed by atoms with E-state index in [1.165, 1.54) is 12.1 Å². The third-order valence-electron chi connectivity index (χ3n) is 1.76. The molecule has 7 heteroatoms. The fourth-order valence-electron chi connectivity index (χ4n) is 0.956. The van der Waals surface area contributed by atoms with Crippen LogP contribution in [0.4, 0.5) is 10.1 Å². The predicted octanol–water partition coefficient (Wildman–Crippen LogP) is 2.05. The number of carbonyl (C=O) groups is 2. The van der Waals surface area contributed by atoms with E-state index in [9.17, 15) is 14.0 Å². The summed E-state index contributed by atoms with van der Waals surface area (Å²) in [5, 5.41) is 19.5. The number of carboxylic acids is 2. The Hall–Kier alpha value is -1.89. The summed E-state index contributed by atoms with van der Waals surface area (Å²) < 4.78 is 13.3. The first-order valence-corrected chi connectivity index (χ1v) is 5.09. The summed E-state index contributed by atoms with van der Waals surface area (Å²) in [5.41, 5.74) is -0.598. The van der Waals surface area contributed by atoms with E-state index in [0.29, 0.717) is 0 Å². The van der Waals surface area contributed by atoms with Crippen molar-refractivity contribution < 1.29 is 24.2 Å². The third kappa shape index (κ3) is 3.56. The van der Waals surface area contributed by atoms with Gasteiger partial charge in [-0.1, -0.05) is 0 Å². The second kappa shape index (κ2) is 5.44. The smallest absolute Gasteiger partial charge is 0.344 e. The lowest BCUT2D eigenvalue weighted by Crippen LogP contribution is -2.12. The van der Waals surface area contributed by atoms with Gasteiger partial charge in [0.15, 0.2) is 5.57 Å². The van der Waals surface area contributed by atoms with E-state index in [-0.39, 0.29) is 10.2 Å². The Morgan fingerprint density at radius 3 is 2.35 bits per heavy atom. The van der Waals surface area contributed by atoms with Gasteiger partial charge in [0.25, 0.3) is 0 Å². The molecule has 0 atom stereocenters. The number of nitrogens with one attached hydrogen (secondary N) is 1. The van der Waals surface area contributed by atoms with Crippen molar-refractivity contribution in [2.24, 2.45) is 0 Å². The van der Waals surface area contributed by atoms with E-state index in [1.54, 1.807) is 0 Å². The molecule has 0 heterocycles. The van der Waals surface area contributed by atoms with Gasteiger partial charge in [0, 0.05) is 11.9 Å². The minimum atomic E-state index is -1.58. The van der Waals surface area contributed by atoms with Crippen molar-refractivity contribution >= 4 is 33.6 Å². The highest BCUT2D eigenvalue weighted by Gasteiger charge is 2.15. The largest absolute Gasteiger partial charge is 0.477 e. The van der Waals surface area contributed by atoms with Crippen LogP contribution in [0.5, 0.6) is 0 Å². The number of carboxylic acid groups (broad SMARTS) is 2. The molecule has 1 aromatic rings. The molecular formula is C10H7BrFNO4. The van der Waals surface area contributed by atoms with E-state index in [2.05, 4.69) is 21.2 Å². The van der Waals surface area contributed by atoms with Crippen LogP contribution >= 0.6 is 15.9 Å². The van der Waals surface area contributed by atoms with Crippen molar-refractivity contribution in [3.63, 3.8) is 0 Å². The van der Waals surface area contributed by atoms with Gasteiger partial charge in [0.2, 0.25) is 0 Å². The van der Waals surface area contributed by atoms with Crippen LogP contribution in [-0.4, -0.2) is 22.2 Å². The van der Waals surface area contributed by atoms with Crippen LogP contribution in [0.3, 0.4) is 0 Å². The van der Waals surface area contributed by atoms with E-state index < -0.39 is 23.3 Å². The van der Waals surface area contributed by atoms with Gasteiger partial charge in [0.1, 0.15) is 5.82 Å². The Kier molecular flexibility index (Phi) is 4.22. The first kappa shape index (κ1) is 13.2. The molecule has 0 amide bonds. The van der Waals surface area contributed by atoms with Gasteiger partial charge in [-0.15, -0.1) is 0 Å². The number of anilines is 1. The highest BCUT2D eigenvalue weighted by molar-refractivity contribution is 9.10. The minimum absolute atomic E-state index is 0.241. The van der Waals surface area contributed by atoms with Gasteiger partial charge in [-0.3, -0.25) is 0 Å². The molecule has 0 saturated carbocycles. The molecule has 0 aliphatic carbocycles. The summed E-state index contributed by atoms with van der Waals surface area (Å²) >= 11 is 2.95. The Labute approximate surface area is 104 Å². The number of rotatable bonds is 4. The lowest BCUT2D eigenvalue weighted by atomic mass is 10.3. The van der Waals surface area contributed by atoms with Crippen LogP contribution in [0.1, 0.15) is 0 Å². The molecule has 0 unspecified atom stereocenters. The van der Waals surface area contributed by atoms with Crippen LogP contribution in [0, 0.1) is 5.82 Å². The first-order valence-electron chi connectivity index (χ1n) is 4.30. The molecule has 17 heavy (non-hydrogen) atoms. The molecule has 0 radical (unpaired) electrons. The fraction of sp³-hybridized carbons (Fsp3) is 0. The normalized spacial score (nSPS) is 9.53. The van der Waals surface area contributed by atoms with Crippen LogP contribution in [0.25, 0.3) is 0 Å². The fourth-order valence-corrected chi connectivity index (χ4v) is 1.20. The van der Waals surface area contributed by atoms with Crippen molar-refractivity contribution in [3.05, 3.63) is 40.3 Å². The van der Waals surface area contributed by atoms with Crippen LogP contribution < -0.4 is 5.32 Å². The Morgan fingerprint density at radius 2 is 1.88 bits per heavy atom. The molecule has 0 saturated heterocycles. The van der Waals surface area contributed by atoms with Crippen molar-refractivity contribution in [1.82, 2.24) is 0 Å². The highest BCUT2D eigenvalue weighted by Crippen LogP contribution is 2.19. The highest BCUT2D eigenvalue weighted by atomic mass is 79.9. The maximum atomic E-state index is 13.1. The molecule has 0 spiro atoms. The topological polar surface area (TPSA) is 86.6 Å². The molecule has 0 bridgehead atoms. The molecule has 5 nitrogen and oxygen atoms in total. The van der Waals surface area contributed by atoms with E-state index in [1.807, 2.05) is 0 Å². The molecule has 1 aromatic carbocycles. The quantitative estimate of drug-likeness (QED) is 0.450. The zero-order valence-corrected chi connectivity index (χ0v) is 9.86. The average Bonchev–Trinajstić information content (AvgIpc) is 2.22. The van der Waals surface area contributed by atoms with Gasteiger partial charge in [-0.2, -0.15) is 0 Å². The van der Waals surface area contributed by atoms with Crippen LogP contribution in [0.15, 0.2) is 34.4 Å². The Bertz CT molecular complexity index is 485. The van der Waals surface area contributed by atoms with Crippen molar-refractivity contribution in [3.8, 4) is 0 Å². The third-order valence-corrected chi connectivity index (χ3v) is 2.41. The molecule has 3 N–H and O–H groups in total. The summed E-state index contributed by atoms with van der Waals surface area (Å²) in [6.45, 7) is 0. The molecule has 1 rings (SSSR count). The second-order valence-corrected chi connectivity index (χ2v) is 3.80. The predicted molar refractivity (Wildman–Crippen MR) is 61.1 cm³/mol. The van der Waals surface area contributed by atoms with E-state index in [4.69, 9.17) is 10.2 Å². The van der Waals surface area contributed by atoms with Crippen LogP contribution in [0.2, 0.25) is 0 Å². The summed E-state index contributed by atoms with van der Waals surface area (Å²) in [6, 6.07) is 3.97. The van der Waals surface area contributed by atoms with Crippen LogP contribution in [-0.2, 0) is 9.59 Å². The van der Waals surface area contributed by atoms with Crippen molar-refractivity contribution in [1.29, 1.82) is 0 Å². The van der Waals surface area contributed by atoms with Crippen molar-refractivity contribution in [2.75, 3.05) is 5.32 Å². The van der Waals surface area contributed by atoms with Gasteiger partial charge in [-0.05, 0) is 34.1 Å². The molecule has 0 aromatic heterocycles. The van der Waals surface area contributed by atoms with Crippen molar-refractivity contribution in [2.45, 2.75) is 0 Å². The molecule has 0 aliphatic rings. The van der Waals surface area contributed by atoms with Gasteiger partial charge >= 0.3 is 11.9 Å². The average molecular weight is 304 g/mol. The summed E-state index contributed by atoms with van der Waals surface area (Å²) in [4.78, 5) is 21.0. The molecule has 90 valence electrons. The van der Waals surface area contributed by atoms with Gasteiger partial charge in [0.05, 0.1) is 4.47 Å². The summed E-state index contributed by atoms with van der Waals surface area (Å²) in [7, 11) is 0. The minimum Gasteiger partial charge on any atom is -0.477 e. The standard InChI is InChI=1S/C10H7BrFNO4/c11-7-2-1-5(3-8(7)12)13-4-6(9(14)15)10(16)17/h1-4,13H,(H,14,15)(H,16,17). The molecule has 0 aliphatic heterocycles. The SMILES string of the molecule is O=C(O)C(=CNc1ccc(Br)c(F)c1)C(=O)O. The van der Waals surface area contributed by atoms with Gasteiger partial charge < -0.3 is 15.5 Å². The second-order valence-electron chi connectivity index (χ2n) is 2.94. The lowest BCUT2D eigenvalue weighted by Gasteiger charge is -2.03. The summed E-state index contributed by atoms with van der Waals surface area (Å²) in [6.07, 6.45) is 0.785. The number of benzene rings is 1. The van der Waals surface area contributed by atoms with E-state index >= 15 is 0 Å². The monoisotopic (exact) mass is 303 g/mol. The zero-order valence-electron chi connectivity index (χ0n) is 8.28. The first-order chi connectivity index (χ1) is 7.91. The number of aliphatic carboxylic acids is 2. The number of hydrogen-bond acceptors (Lipinski definition) is 3.